The molecule has 7 nitrogen and oxygen atoms in total. The molecule has 1 saturated heterocycles. The highest BCUT2D eigenvalue weighted by molar-refractivity contribution is 6.03. The molecule has 2 aromatic rings. The minimum Gasteiger partial charge on any atom is -0.311 e. The molecule has 1 atom stereocenters. The van der Waals surface area contributed by atoms with Crippen molar-refractivity contribution in [2.24, 2.45) is 11.8 Å². The highest BCUT2D eigenvalue weighted by atomic mass is 16.2. The van der Waals surface area contributed by atoms with Crippen LogP contribution in [-0.2, 0) is 16.0 Å². The number of para-hydroxylation sites is 1. The first-order chi connectivity index (χ1) is 13.6. The summed E-state index contributed by atoms with van der Waals surface area (Å²) in [5.41, 5.74) is 1.90. The van der Waals surface area contributed by atoms with Gasteiger partial charge in [-0.05, 0) is 24.5 Å². The lowest BCUT2D eigenvalue weighted by Crippen LogP contribution is -2.28. The van der Waals surface area contributed by atoms with Crippen LogP contribution in [0.3, 0.4) is 0 Å². The van der Waals surface area contributed by atoms with Crippen molar-refractivity contribution in [2.75, 3.05) is 16.8 Å². The second-order valence-electron chi connectivity index (χ2n) is 7.99. The van der Waals surface area contributed by atoms with Gasteiger partial charge in [-0.3, -0.25) is 20.0 Å². The van der Waals surface area contributed by atoms with Crippen LogP contribution in [0.15, 0.2) is 24.3 Å². The van der Waals surface area contributed by atoms with Crippen molar-refractivity contribution in [1.29, 1.82) is 0 Å². The van der Waals surface area contributed by atoms with Crippen LogP contribution in [0.5, 0.6) is 0 Å². The lowest BCUT2D eigenvalue weighted by Gasteiger charge is -2.19. The standard InChI is InChI=1S/C21H27N5O2/c1-14-7-5-6-10-17(14)26-13-16(12-19(26)27)20(28)23-21-22-18(24-25-21)11-15-8-3-2-4-9-15/h5-7,10,15-16H,2-4,8-9,11-13H2,1H3,(H2,22,23,24,25,28)/t16-/m0/s1. The van der Waals surface area contributed by atoms with Gasteiger partial charge in [-0.15, -0.1) is 5.10 Å². The first-order valence-electron chi connectivity index (χ1n) is 10.2. The van der Waals surface area contributed by atoms with E-state index >= 15 is 0 Å². The normalized spacial score (nSPS) is 20.5. The van der Waals surface area contributed by atoms with Crippen molar-refractivity contribution in [2.45, 2.75) is 51.9 Å². The first kappa shape index (κ1) is 18.7. The molecule has 2 N–H and O–H groups in total. The van der Waals surface area contributed by atoms with Gasteiger partial charge in [0.1, 0.15) is 5.82 Å². The average Bonchev–Trinajstić information content (AvgIpc) is 3.29. The van der Waals surface area contributed by atoms with Crippen molar-refractivity contribution in [1.82, 2.24) is 15.2 Å². The molecule has 1 aliphatic carbocycles. The Kier molecular flexibility index (Phi) is 5.41. The molecule has 148 valence electrons. The zero-order chi connectivity index (χ0) is 19.5. The number of aryl methyl sites for hydroxylation is 1. The molecule has 1 aromatic carbocycles. The molecule has 0 unspecified atom stereocenters. The molecule has 7 heteroatoms. The molecule has 0 radical (unpaired) electrons. The molecular weight excluding hydrogens is 354 g/mol. The summed E-state index contributed by atoms with van der Waals surface area (Å²) in [6.07, 6.45) is 7.47. The molecule has 1 aliphatic heterocycles. The molecule has 0 spiro atoms. The minimum absolute atomic E-state index is 0.0255. The van der Waals surface area contributed by atoms with Gasteiger partial charge in [0.05, 0.1) is 5.92 Å². The molecule has 1 aromatic heterocycles. The smallest absolute Gasteiger partial charge is 0.248 e. The summed E-state index contributed by atoms with van der Waals surface area (Å²) in [7, 11) is 0. The average molecular weight is 381 g/mol. The fourth-order valence-electron chi connectivity index (χ4n) is 4.30. The number of H-pyrrole nitrogens is 1. The van der Waals surface area contributed by atoms with Crippen molar-refractivity contribution in [3.05, 3.63) is 35.7 Å². The number of aromatic nitrogens is 3. The van der Waals surface area contributed by atoms with Crippen LogP contribution in [0, 0.1) is 18.8 Å². The van der Waals surface area contributed by atoms with E-state index in [0.717, 1.165) is 23.5 Å². The van der Waals surface area contributed by atoms with Gasteiger partial charge < -0.3 is 4.90 Å². The van der Waals surface area contributed by atoms with Crippen LogP contribution in [0.4, 0.5) is 11.6 Å². The maximum atomic E-state index is 12.6. The third-order valence-electron chi connectivity index (χ3n) is 5.88. The summed E-state index contributed by atoms with van der Waals surface area (Å²) in [4.78, 5) is 31.2. The van der Waals surface area contributed by atoms with E-state index in [1.807, 2.05) is 31.2 Å². The SMILES string of the molecule is Cc1ccccc1N1C[C@@H](C(=O)Nc2n[nH]c(CC3CCCCC3)n2)CC1=O. The molecular formula is C21H27N5O2. The topological polar surface area (TPSA) is 91.0 Å². The third kappa shape index (κ3) is 4.08. The predicted octanol–water partition coefficient (Wildman–Crippen LogP) is 3.23. The molecule has 0 bridgehead atoms. The van der Waals surface area contributed by atoms with Gasteiger partial charge in [-0.25, -0.2) is 0 Å². The van der Waals surface area contributed by atoms with Crippen LogP contribution < -0.4 is 10.2 Å². The summed E-state index contributed by atoms with van der Waals surface area (Å²) in [5.74, 6) is 1.16. The Morgan fingerprint density at radius 1 is 1.25 bits per heavy atom. The first-order valence-corrected chi connectivity index (χ1v) is 10.2. The van der Waals surface area contributed by atoms with Gasteiger partial charge >= 0.3 is 0 Å². The molecule has 2 fully saturated rings. The zero-order valence-corrected chi connectivity index (χ0v) is 16.3. The maximum absolute atomic E-state index is 12.6. The number of benzene rings is 1. The molecule has 2 amide bonds. The number of amides is 2. The molecule has 4 rings (SSSR count). The molecule has 1 saturated carbocycles. The van der Waals surface area contributed by atoms with Gasteiger partial charge in [0.15, 0.2) is 0 Å². The van der Waals surface area contributed by atoms with E-state index in [1.54, 1.807) is 4.90 Å². The van der Waals surface area contributed by atoms with Crippen LogP contribution in [0.1, 0.15) is 49.9 Å². The monoisotopic (exact) mass is 381 g/mol. The Hall–Kier alpha value is -2.70. The number of anilines is 2. The van der Waals surface area contributed by atoms with E-state index in [1.165, 1.54) is 32.1 Å². The Bertz CT molecular complexity index is 856. The van der Waals surface area contributed by atoms with Crippen LogP contribution in [-0.4, -0.2) is 33.5 Å². The number of hydrogen-bond acceptors (Lipinski definition) is 4. The minimum atomic E-state index is -0.396. The quantitative estimate of drug-likeness (QED) is 0.832. The Labute approximate surface area is 164 Å². The lowest BCUT2D eigenvalue weighted by atomic mass is 9.87. The number of rotatable bonds is 5. The van der Waals surface area contributed by atoms with Gasteiger partial charge in [0.25, 0.3) is 0 Å². The summed E-state index contributed by atoms with van der Waals surface area (Å²) in [6.45, 7) is 2.35. The van der Waals surface area contributed by atoms with E-state index in [0.29, 0.717) is 18.4 Å². The van der Waals surface area contributed by atoms with Crippen molar-refractivity contribution < 1.29 is 9.59 Å². The summed E-state index contributed by atoms with van der Waals surface area (Å²) in [6, 6.07) is 7.74. The van der Waals surface area contributed by atoms with E-state index in [4.69, 9.17) is 0 Å². The van der Waals surface area contributed by atoms with E-state index in [-0.39, 0.29) is 18.2 Å². The second kappa shape index (κ2) is 8.12. The number of carbonyl (C=O) groups excluding carboxylic acids is 2. The summed E-state index contributed by atoms with van der Waals surface area (Å²) >= 11 is 0. The van der Waals surface area contributed by atoms with Crippen LogP contribution in [0.25, 0.3) is 0 Å². The van der Waals surface area contributed by atoms with Gasteiger partial charge in [0.2, 0.25) is 17.8 Å². The fourth-order valence-corrected chi connectivity index (χ4v) is 4.30. The van der Waals surface area contributed by atoms with Gasteiger partial charge in [0, 0.05) is 25.1 Å². The van der Waals surface area contributed by atoms with E-state index in [2.05, 4.69) is 20.5 Å². The van der Waals surface area contributed by atoms with Crippen molar-refractivity contribution in [3.63, 3.8) is 0 Å². The molecule has 2 aliphatic rings. The number of hydrogen-bond donors (Lipinski definition) is 2. The largest absolute Gasteiger partial charge is 0.311 e. The third-order valence-corrected chi connectivity index (χ3v) is 5.88. The number of nitrogens with one attached hydrogen (secondary N) is 2. The maximum Gasteiger partial charge on any atom is 0.248 e. The predicted molar refractivity (Wildman–Crippen MR) is 107 cm³/mol. The summed E-state index contributed by atoms with van der Waals surface area (Å²) < 4.78 is 0. The van der Waals surface area contributed by atoms with Crippen molar-refractivity contribution in [3.8, 4) is 0 Å². The second-order valence-corrected chi connectivity index (χ2v) is 7.99. The van der Waals surface area contributed by atoms with Gasteiger partial charge in [-0.1, -0.05) is 50.3 Å². The Morgan fingerprint density at radius 3 is 2.82 bits per heavy atom. The Balaban J connectivity index is 1.35. The number of aromatic amines is 1. The number of nitrogens with zero attached hydrogens (tertiary/aromatic N) is 3. The number of carbonyl (C=O) groups is 2. The van der Waals surface area contributed by atoms with E-state index in [9.17, 15) is 9.59 Å². The zero-order valence-electron chi connectivity index (χ0n) is 16.3. The highest BCUT2D eigenvalue weighted by Gasteiger charge is 2.36. The van der Waals surface area contributed by atoms with Gasteiger partial charge in [-0.2, -0.15) is 4.98 Å². The lowest BCUT2D eigenvalue weighted by molar-refractivity contribution is -0.122. The molecule has 28 heavy (non-hydrogen) atoms. The van der Waals surface area contributed by atoms with Crippen molar-refractivity contribution >= 4 is 23.5 Å². The van der Waals surface area contributed by atoms with Crippen LogP contribution >= 0.6 is 0 Å². The Morgan fingerprint density at radius 2 is 2.04 bits per heavy atom. The summed E-state index contributed by atoms with van der Waals surface area (Å²) in [5, 5.41) is 9.86. The van der Waals surface area contributed by atoms with Crippen LogP contribution in [0.2, 0.25) is 0 Å². The highest BCUT2D eigenvalue weighted by Crippen LogP contribution is 2.28. The fraction of sp³-hybridized carbons (Fsp3) is 0.524. The molecule has 2 heterocycles. The van der Waals surface area contributed by atoms with E-state index < -0.39 is 5.92 Å².